The van der Waals surface area contributed by atoms with Gasteiger partial charge in [0.2, 0.25) is 0 Å². The summed E-state index contributed by atoms with van der Waals surface area (Å²) in [6.45, 7) is 1.01. The minimum absolute atomic E-state index is 0.0945. The Morgan fingerprint density at radius 1 is 1.05 bits per heavy atom. The van der Waals surface area contributed by atoms with Crippen LogP contribution in [0, 0.1) is 11.7 Å². The zero-order valence-electron chi connectivity index (χ0n) is 12.2. The molecule has 0 spiro atoms. The summed E-state index contributed by atoms with van der Waals surface area (Å²) < 4.78 is 18.3. The Morgan fingerprint density at radius 3 is 2.14 bits per heavy atom. The summed E-state index contributed by atoms with van der Waals surface area (Å²) >= 11 is 0. The number of rotatable bonds is 6. The number of nitrogens with one attached hydrogen (secondary N) is 1. The normalized spacial score (nSPS) is 15.7. The molecule has 0 radical (unpaired) electrons. The third-order valence-corrected chi connectivity index (χ3v) is 3.96. The smallest absolute Gasteiger partial charge is 0.123 e. The lowest BCUT2D eigenvalue weighted by molar-refractivity contribution is 0.414. The molecule has 3 heteroatoms. The van der Waals surface area contributed by atoms with Crippen LogP contribution in [-0.2, 0) is 0 Å². The standard InChI is InChI=1S/C18H20FNO/c1-21-17-10-6-15(7-11-17)18(20-12-13-2-3-13)14-4-8-16(19)9-5-14/h4-11,13,18,20H,2-3,12H2,1H3. The third kappa shape index (κ3) is 3.61. The maximum absolute atomic E-state index is 13.1. The van der Waals surface area contributed by atoms with E-state index in [1.807, 2.05) is 24.3 Å². The molecule has 1 aliphatic carbocycles. The highest BCUT2D eigenvalue weighted by Crippen LogP contribution is 2.30. The number of hydrogen-bond acceptors (Lipinski definition) is 2. The quantitative estimate of drug-likeness (QED) is 0.868. The Balaban J connectivity index is 1.84. The van der Waals surface area contributed by atoms with Crippen LogP contribution >= 0.6 is 0 Å². The van der Waals surface area contributed by atoms with Crippen LogP contribution in [0.2, 0.25) is 0 Å². The topological polar surface area (TPSA) is 21.3 Å². The molecule has 1 atom stereocenters. The fourth-order valence-corrected chi connectivity index (χ4v) is 2.49. The predicted molar refractivity (Wildman–Crippen MR) is 82.0 cm³/mol. The number of ether oxygens (including phenoxy) is 1. The maximum Gasteiger partial charge on any atom is 0.123 e. The van der Waals surface area contributed by atoms with Gasteiger partial charge >= 0.3 is 0 Å². The minimum Gasteiger partial charge on any atom is -0.497 e. The first kappa shape index (κ1) is 14.1. The summed E-state index contributed by atoms with van der Waals surface area (Å²) in [5.74, 6) is 1.44. The summed E-state index contributed by atoms with van der Waals surface area (Å²) in [4.78, 5) is 0. The van der Waals surface area contributed by atoms with Crippen LogP contribution in [0.1, 0.15) is 30.0 Å². The lowest BCUT2D eigenvalue weighted by Crippen LogP contribution is -2.24. The molecule has 1 N–H and O–H groups in total. The van der Waals surface area contributed by atoms with Gasteiger partial charge in [-0.05, 0) is 60.7 Å². The first-order valence-corrected chi connectivity index (χ1v) is 7.39. The van der Waals surface area contributed by atoms with Gasteiger partial charge in [0.25, 0.3) is 0 Å². The first-order valence-electron chi connectivity index (χ1n) is 7.39. The molecule has 0 aromatic heterocycles. The van der Waals surface area contributed by atoms with Gasteiger partial charge in [0.05, 0.1) is 13.2 Å². The van der Waals surface area contributed by atoms with Crippen molar-refractivity contribution in [2.45, 2.75) is 18.9 Å². The van der Waals surface area contributed by atoms with Gasteiger partial charge in [-0.1, -0.05) is 24.3 Å². The summed E-state index contributed by atoms with van der Waals surface area (Å²) in [6, 6.07) is 14.9. The van der Waals surface area contributed by atoms with Crippen LogP contribution in [0.15, 0.2) is 48.5 Å². The summed E-state index contributed by atoms with van der Waals surface area (Å²) in [5.41, 5.74) is 2.25. The first-order chi connectivity index (χ1) is 10.3. The molecule has 1 saturated carbocycles. The van der Waals surface area contributed by atoms with Gasteiger partial charge in [-0.15, -0.1) is 0 Å². The number of benzene rings is 2. The van der Waals surface area contributed by atoms with Crippen molar-refractivity contribution in [1.29, 1.82) is 0 Å². The van der Waals surface area contributed by atoms with E-state index in [1.165, 1.54) is 30.5 Å². The zero-order valence-corrected chi connectivity index (χ0v) is 12.2. The van der Waals surface area contributed by atoms with E-state index in [1.54, 1.807) is 7.11 Å². The van der Waals surface area contributed by atoms with Crippen molar-refractivity contribution in [3.05, 3.63) is 65.5 Å². The van der Waals surface area contributed by atoms with Gasteiger partial charge in [0, 0.05) is 0 Å². The predicted octanol–water partition coefficient (Wildman–Crippen LogP) is 3.92. The molecule has 1 fully saturated rings. The van der Waals surface area contributed by atoms with E-state index in [0.29, 0.717) is 0 Å². The summed E-state index contributed by atoms with van der Waals surface area (Å²) in [5, 5.41) is 3.61. The monoisotopic (exact) mass is 285 g/mol. The number of hydrogen-bond donors (Lipinski definition) is 1. The molecule has 0 heterocycles. The van der Waals surface area contributed by atoms with E-state index in [0.717, 1.165) is 23.8 Å². The average molecular weight is 285 g/mol. The van der Waals surface area contributed by atoms with Crippen LogP contribution in [0.5, 0.6) is 5.75 Å². The Bertz CT molecular complexity index is 575. The molecule has 110 valence electrons. The van der Waals surface area contributed by atoms with Crippen LogP contribution in [0.3, 0.4) is 0 Å². The van der Waals surface area contributed by atoms with Crippen LogP contribution in [-0.4, -0.2) is 13.7 Å². The highest BCUT2D eigenvalue weighted by molar-refractivity contribution is 5.35. The van der Waals surface area contributed by atoms with E-state index in [2.05, 4.69) is 17.4 Å². The molecule has 0 bridgehead atoms. The molecule has 0 amide bonds. The van der Waals surface area contributed by atoms with Crippen molar-refractivity contribution < 1.29 is 9.13 Å². The molecule has 2 aromatic rings. The molecule has 2 aromatic carbocycles. The van der Waals surface area contributed by atoms with Crippen molar-refractivity contribution >= 4 is 0 Å². The minimum atomic E-state index is -0.200. The van der Waals surface area contributed by atoms with Crippen LogP contribution in [0.4, 0.5) is 4.39 Å². The molecule has 0 saturated heterocycles. The van der Waals surface area contributed by atoms with Crippen molar-refractivity contribution in [2.75, 3.05) is 13.7 Å². The maximum atomic E-state index is 13.1. The fourth-order valence-electron chi connectivity index (χ4n) is 2.49. The molecule has 1 aliphatic rings. The van der Waals surface area contributed by atoms with Gasteiger partial charge in [0.1, 0.15) is 11.6 Å². The Morgan fingerprint density at radius 2 is 1.62 bits per heavy atom. The summed E-state index contributed by atoms with van der Waals surface area (Å²) in [7, 11) is 1.66. The highest BCUT2D eigenvalue weighted by Gasteiger charge is 2.23. The van der Waals surface area contributed by atoms with Gasteiger partial charge in [-0.3, -0.25) is 0 Å². The lowest BCUT2D eigenvalue weighted by Gasteiger charge is -2.20. The molecule has 21 heavy (non-hydrogen) atoms. The molecule has 0 aliphatic heterocycles. The van der Waals surface area contributed by atoms with Crippen LogP contribution in [0.25, 0.3) is 0 Å². The second-order valence-corrected chi connectivity index (χ2v) is 5.61. The fraction of sp³-hybridized carbons (Fsp3) is 0.333. The Kier molecular flexibility index (Phi) is 4.20. The Labute approximate surface area is 125 Å². The van der Waals surface area contributed by atoms with Gasteiger partial charge < -0.3 is 10.1 Å². The van der Waals surface area contributed by atoms with E-state index < -0.39 is 0 Å². The van der Waals surface area contributed by atoms with Crippen molar-refractivity contribution in [1.82, 2.24) is 5.32 Å². The molecular weight excluding hydrogens is 265 g/mol. The van der Waals surface area contributed by atoms with E-state index >= 15 is 0 Å². The molecule has 2 nitrogen and oxygen atoms in total. The van der Waals surface area contributed by atoms with Gasteiger partial charge in [-0.2, -0.15) is 0 Å². The van der Waals surface area contributed by atoms with E-state index in [4.69, 9.17) is 4.74 Å². The zero-order chi connectivity index (χ0) is 14.7. The van der Waals surface area contributed by atoms with Crippen LogP contribution < -0.4 is 10.1 Å². The second kappa shape index (κ2) is 6.27. The SMILES string of the molecule is COc1ccc(C(NCC2CC2)c2ccc(F)cc2)cc1. The molecular formula is C18H20FNO. The van der Waals surface area contributed by atoms with Gasteiger partial charge in [0.15, 0.2) is 0 Å². The molecule has 3 rings (SSSR count). The third-order valence-electron chi connectivity index (χ3n) is 3.96. The highest BCUT2D eigenvalue weighted by atomic mass is 19.1. The van der Waals surface area contributed by atoms with E-state index in [9.17, 15) is 4.39 Å². The van der Waals surface area contributed by atoms with Crippen molar-refractivity contribution in [3.8, 4) is 5.75 Å². The lowest BCUT2D eigenvalue weighted by atomic mass is 9.98. The van der Waals surface area contributed by atoms with Gasteiger partial charge in [-0.25, -0.2) is 4.39 Å². The second-order valence-electron chi connectivity index (χ2n) is 5.61. The van der Waals surface area contributed by atoms with E-state index in [-0.39, 0.29) is 11.9 Å². The number of halogens is 1. The summed E-state index contributed by atoms with van der Waals surface area (Å²) in [6.07, 6.45) is 2.62. The molecule has 1 unspecified atom stereocenters. The van der Waals surface area contributed by atoms with Crippen molar-refractivity contribution in [2.24, 2.45) is 5.92 Å². The Hall–Kier alpha value is -1.87. The van der Waals surface area contributed by atoms with Crippen molar-refractivity contribution in [3.63, 3.8) is 0 Å². The number of methoxy groups -OCH3 is 1. The largest absolute Gasteiger partial charge is 0.497 e. The average Bonchev–Trinajstić information content (AvgIpc) is 3.34.